The van der Waals surface area contributed by atoms with E-state index in [2.05, 4.69) is 28.6 Å². The molecule has 0 fully saturated rings. The Labute approximate surface area is 111 Å². The van der Waals surface area contributed by atoms with E-state index in [9.17, 15) is 4.79 Å². The number of nitrogens with one attached hydrogen (secondary N) is 1. The van der Waals surface area contributed by atoms with Gasteiger partial charge in [-0.1, -0.05) is 30.3 Å². The SMILES string of the molecule is CCc1ccccc1-n1cc(CNC(=O)CN)nn1. The third-order valence-corrected chi connectivity index (χ3v) is 2.81. The van der Waals surface area contributed by atoms with Crippen molar-refractivity contribution in [2.75, 3.05) is 6.54 Å². The van der Waals surface area contributed by atoms with E-state index in [0.29, 0.717) is 12.2 Å². The van der Waals surface area contributed by atoms with Gasteiger partial charge in [-0.2, -0.15) is 0 Å². The number of para-hydroxylation sites is 1. The zero-order chi connectivity index (χ0) is 13.7. The molecule has 0 saturated carbocycles. The Bertz CT molecular complexity index is 564. The average molecular weight is 259 g/mol. The maximum absolute atomic E-state index is 11.1. The van der Waals surface area contributed by atoms with E-state index in [1.165, 1.54) is 5.56 Å². The highest BCUT2D eigenvalue weighted by molar-refractivity contribution is 5.77. The van der Waals surface area contributed by atoms with Gasteiger partial charge in [-0.25, -0.2) is 4.68 Å². The van der Waals surface area contributed by atoms with Gasteiger partial charge in [-0.3, -0.25) is 4.79 Å². The molecule has 100 valence electrons. The van der Waals surface area contributed by atoms with Crippen molar-refractivity contribution in [2.24, 2.45) is 5.73 Å². The van der Waals surface area contributed by atoms with Gasteiger partial charge in [-0.15, -0.1) is 5.10 Å². The highest BCUT2D eigenvalue weighted by Crippen LogP contribution is 2.13. The number of aromatic nitrogens is 3. The molecule has 2 aromatic rings. The number of carbonyl (C=O) groups is 1. The van der Waals surface area contributed by atoms with Crippen LogP contribution in [0.3, 0.4) is 0 Å². The third-order valence-electron chi connectivity index (χ3n) is 2.81. The van der Waals surface area contributed by atoms with Crippen LogP contribution in [0.15, 0.2) is 30.5 Å². The summed E-state index contributed by atoms with van der Waals surface area (Å²) in [5, 5.41) is 10.8. The van der Waals surface area contributed by atoms with Crippen molar-refractivity contribution >= 4 is 5.91 Å². The Morgan fingerprint density at radius 2 is 2.21 bits per heavy atom. The number of benzene rings is 1. The van der Waals surface area contributed by atoms with Gasteiger partial charge < -0.3 is 11.1 Å². The maximum atomic E-state index is 11.1. The number of nitrogens with zero attached hydrogens (tertiary/aromatic N) is 3. The molecule has 1 heterocycles. The molecule has 1 aromatic carbocycles. The van der Waals surface area contributed by atoms with Crippen LogP contribution in [0.1, 0.15) is 18.2 Å². The summed E-state index contributed by atoms with van der Waals surface area (Å²) in [5.74, 6) is -0.205. The minimum Gasteiger partial charge on any atom is -0.349 e. The lowest BCUT2D eigenvalue weighted by atomic mass is 10.1. The molecular formula is C13H17N5O. The summed E-state index contributed by atoms with van der Waals surface area (Å²) in [6.07, 6.45) is 2.74. The van der Waals surface area contributed by atoms with Gasteiger partial charge in [0.1, 0.15) is 5.69 Å². The number of carbonyl (C=O) groups excluding carboxylic acids is 1. The fourth-order valence-corrected chi connectivity index (χ4v) is 1.79. The van der Waals surface area contributed by atoms with E-state index in [1.54, 1.807) is 4.68 Å². The molecule has 0 unspecified atom stereocenters. The second-order valence-electron chi connectivity index (χ2n) is 4.12. The first kappa shape index (κ1) is 13.2. The summed E-state index contributed by atoms with van der Waals surface area (Å²) >= 11 is 0. The predicted molar refractivity (Wildman–Crippen MR) is 71.6 cm³/mol. The summed E-state index contributed by atoms with van der Waals surface area (Å²) in [4.78, 5) is 11.1. The summed E-state index contributed by atoms with van der Waals surface area (Å²) in [6.45, 7) is 2.41. The van der Waals surface area contributed by atoms with Gasteiger partial charge in [0.05, 0.1) is 25.0 Å². The van der Waals surface area contributed by atoms with Crippen molar-refractivity contribution in [3.8, 4) is 5.69 Å². The number of amides is 1. The molecule has 0 aliphatic rings. The van der Waals surface area contributed by atoms with Gasteiger partial charge in [-0.05, 0) is 18.1 Å². The molecule has 0 bridgehead atoms. The van der Waals surface area contributed by atoms with Gasteiger partial charge in [0.2, 0.25) is 5.91 Å². The van der Waals surface area contributed by atoms with Crippen LogP contribution in [-0.4, -0.2) is 27.4 Å². The fourth-order valence-electron chi connectivity index (χ4n) is 1.79. The van der Waals surface area contributed by atoms with Crippen LogP contribution < -0.4 is 11.1 Å². The van der Waals surface area contributed by atoms with Crippen molar-refractivity contribution in [3.05, 3.63) is 41.7 Å². The van der Waals surface area contributed by atoms with E-state index < -0.39 is 0 Å². The monoisotopic (exact) mass is 259 g/mol. The number of hydrogen-bond donors (Lipinski definition) is 2. The molecule has 3 N–H and O–H groups in total. The van der Waals surface area contributed by atoms with Gasteiger partial charge in [0.25, 0.3) is 0 Å². The molecule has 2 rings (SSSR count). The largest absolute Gasteiger partial charge is 0.349 e. The van der Waals surface area contributed by atoms with E-state index in [4.69, 9.17) is 5.73 Å². The first-order chi connectivity index (χ1) is 9.24. The molecule has 1 aromatic heterocycles. The number of hydrogen-bond acceptors (Lipinski definition) is 4. The second kappa shape index (κ2) is 6.10. The minimum atomic E-state index is -0.205. The van der Waals surface area contributed by atoms with Crippen LogP contribution in [0.2, 0.25) is 0 Å². The summed E-state index contributed by atoms with van der Waals surface area (Å²) in [6, 6.07) is 8.02. The van der Waals surface area contributed by atoms with Crippen LogP contribution in [0.5, 0.6) is 0 Å². The van der Waals surface area contributed by atoms with E-state index in [0.717, 1.165) is 12.1 Å². The molecule has 0 radical (unpaired) electrons. The molecule has 6 heteroatoms. The fraction of sp³-hybridized carbons (Fsp3) is 0.308. The predicted octanol–water partition coefficient (Wildman–Crippen LogP) is 0.405. The van der Waals surface area contributed by atoms with Crippen molar-refractivity contribution in [3.63, 3.8) is 0 Å². The number of aryl methyl sites for hydroxylation is 1. The Morgan fingerprint density at radius 1 is 1.42 bits per heavy atom. The van der Waals surface area contributed by atoms with Crippen LogP contribution in [0, 0.1) is 0 Å². The molecule has 0 saturated heterocycles. The van der Waals surface area contributed by atoms with E-state index in [1.807, 2.05) is 24.4 Å². The molecule has 0 spiro atoms. The molecule has 1 amide bonds. The standard InChI is InChI=1S/C13H17N5O/c1-2-10-5-3-4-6-12(10)18-9-11(16-17-18)8-15-13(19)7-14/h3-6,9H,2,7-8,14H2,1H3,(H,15,19). The lowest BCUT2D eigenvalue weighted by molar-refractivity contribution is -0.119. The zero-order valence-electron chi connectivity index (χ0n) is 10.8. The van der Waals surface area contributed by atoms with Crippen molar-refractivity contribution < 1.29 is 4.79 Å². The summed E-state index contributed by atoms with van der Waals surface area (Å²) in [5.41, 5.74) is 8.13. The molecule has 0 aliphatic heterocycles. The van der Waals surface area contributed by atoms with Crippen molar-refractivity contribution in [1.82, 2.24) is 20.3 Å². The first-order valence-corrected chi connectivity index (χ1v) is 6.21. The minimum absolute atomic E-state index is 0.0210. The average Bonchev–Trinajstić information content (AvgIpc) is 2.93. The van der Waals surface area contributed by atoms with Gasteiger partial charge in [0.15, 0.2) is 0 Å². The van der Waals surface area contributed by atoms with E-state index >= 15 is 0 Å². The molecular weight excluding hydrogens is 242 g/mol. The molecule has 0 atom stereocenters. The third kappa shape index (κ3) is 3.17. The normalized spacial score (nSPS) is 10.4. The Kier molecular flexibility index (Phi) is 4.25. The van der Waals surface area contributed by atoms with Crippen molar-refractivity contribution in [1.29, 1.82) is 0 Å². The van der Waals surface area contributed by atoms with Crippen molar-refractivity contribution in [2.45, 2.75) is 19.9 Å². The van der Waals surface area contributed by atoms with E-state index in [-0.39, 0.29) is 12.5 Å². The zero-order valence-corrected chi connectivity index (χ0v) is 10.8. The Morgan fingerprint density at radius 3 is 2.95 bits per heavy atom. The number of rotatable bonds is 5. The second-order valence-corrected chi connectivity index (χ2v) is 4.12. The molecule has 19 heavy (non-hydrogen) atoms. The smallest absolute Gasteiger partial charge is 0.234 e. The Balaban J connectivity index is 2.14. The summed E-state index contributed by atoms with van der Waals surface area (Å²) in [7, 11) is 0. The highest BCUT2D eigenvalue weighted by atomic mass is 16.1. The Hall–Kier alpha value is -2.21. The first-order valence-electron chi connectivity index (χ1n) is 6.21. The van der Waals surface area contributed by atoms with Crippen LogP contribution in [-0.2, 0) is 17.8 Å². The summed E-state index contributed by atoms with van der Waals surface area (Å²) < 4.78 is 1.72. The lowest BCUT2D eigenvalue weighted by Crippen LogP contribution is -2.29. The highest BCUT2D eigenvalue weighted by Gasteiger charge is 2.06. The lowest BCUT2D eigenvalue weighted by Gasteiger charge is -2.05. The molecule has 6 nitrogen and oxygen atoms in total. The van der Waals surface area contributed by atoms with Gasteiger partial charge >= 0.3 is 0 Å². The maximum Gasteiger partial charge on any atom is 0.234 e. The quantitative estimate of drug-likeness (QED) is 0.814. The van der Waals surface area contributed by atoms with Gasteiger partial charge in [0, 0.05) is 0 Å². The number of nitrogens with two attached hydrogens (primary N) is 1. The van der Waals surface area contributed by atoms with Crippen LogP contribution in [0.25, 0.3) is 5.69 Å². The van der Waals surface area contributed by atoms with Crippen LogP contribution >= 0.6 is 0 Å². The van der Waals surface area contributed by atoms with Crippen LogP contribution in [0.4, 0.5) is 0 Å². The molecule has 0 aliphatic carbocycles. The topological polar surface area (TPSA) is 85.8 Å².